The molecule has 0 radical (unpaired) electrons. The molecule has 0 spiro atoms. The standard InChI is InChI=1S/C13H19NO2/c15-13-6-2-1-5-12(13)9-14-8-11-4-3-7-16-10-11/h1-2,5-6,11,14-15H,3-4,7-10H2. The first-order chi connectivity index (χ1) is 7.86. The number of phenols is 1. The van der Waals surface area contributed by atoms with Gasteiger partial charge in [-0.1, -0.05) is 18.2 Å². The highest BCUT2D eigenvalue weighted by atomic mass is 16.5. The van der Waals surface area contributed by atoms with E-state index in [9.17, 15) is 5.11 Å². The number of nitrogens with one attached hydrogen (secondary N) is 1. The molecule has 0 aliphatic carbocycles. The van der Waals surface area contributed by atoms with Crippen LogP contribution in [0, 0.1) is 5.92 Å². The first kappa shape index (κ1) is 11.4. The van der Waals surface area contributed by atoms with Gasteiger partial charge in [-0.15, -0.1) is 0 Å². The Morgan fingerprint density at radius 1 is 1.38 bits per heavy atom. The van der Waals surface area contributed by atoms with E-state index in [1.165, 1.54) is 12.8 Å². The van der Waals surface area contributed by atoms with E-state index in [1.807, 2.05) is 18.2 Å². The molecule has 2 N–H and O–H groups in total. The predicted molar refractivity (Wildman–Crippen MR) is 63.4 cm³/mol. The Kier molecular flexibility index (Phi) is 4.19. The number of phenolic OH excluding ortho intramolecular Hbond substituents is 1. The van der Waals surface area contributed by atoms with Gasteiger partial charge in [0.25, 0.3) is 0 Å². The molecular formula is C13H19NO2. The van der Waals surface area contributed by atoms with E-state index < -0.39 is 0 Å². The zero-order valence-electron chi connectivity index (χ0n) is 9.48. The van der Waals surface area contributed by atoms with Gasteiger partial charge in [-0.25, -0.2) is 0 Å². The van der Waals surface area contributed by atoms with Crippen molar-refractivity contribution in [2.75, 3.05) is 19.8 Å². The molecule has 1 fully saturated rings. The average molecular weight is 221 g/mol. The van der Waals surface area contributed by atoms with Crippen LogP contribution in [0.15, 0.2) is 24.3 Å². The van der Waals surface area contributed by atoms with Crippen molar-refractivity contribution in [1.29, 1.82) is 0 Å². The molecule has 2 rings (SSSR count). The molecule has 3 heteroatoms. The van der Waals surface area contributed by atoms with Gasteiger partial charge in [-0.2, -0.15) is 0 Å². The van der Waals surface area contributed by atoms with Crippen LogP contribution in [-0.4, -0.2) is 24.9 Å². The van der Waals surface area contributed by atoms with Crippen LogP contribution in [0.25, 0.3) is 0 Å². The minimum Gasteiger partial charge on any atom is -0.508 e. The van der Waals surface area contributed by atoms with E-state index >= 15 is 0 Å². The Hall–Kier alpha value is -1.06. The van der Waals surface area contributed by atoms with Gasteiger partial charge >= 0.3 is 0 Å². The summed E-state index contributed by atoms with van der Waals surface area (Å²) < 4.78 is 5.42. The number of ether oxygens (including phenoxy) is 1. The third kappa shape index (κ3) is 3.22. The Morgan fingerprint density at radius 3 is 3.00 bits per heavy atom. The van der Waals surface area contributed by atoms with Crippen molar-refractivity contribution in [3.05, 3.63) is 29.8 Å². The molecule has 0 amide bonds. The Balaban J connectivity index is 1.73. The third-order valence-corrected chi connectivity index (χ3v) is 2.99. The van der Waals surface area contributed by atoms with Crippen molar-refractivity contribution < 1.29 is 9.84 Å². The zero-order chi connectivity index (χ0) is 11.2. The minimum absolute atomic E-state index is 0.370. The lowest BCUT2D eigenvalue weighted by Gasteiger charge is -2.22. The average Bonchev–Trinajstić information content (AvgIpc) is 2.33. The molecule has 0 bridgehead atoms. The van der Waals surface area contributed by atoms with Crippen LogP contribution >= 0.6 is 0 Å². The fourth-order valence-corrected chi connectivity index (χ4v) is 2.04. The van der Waals surface area contributed by atoms with Crippen molar-refractivity contribution in [2.24, 2.45) is 5.92 Å². The summed E-state index contributed by atoms with van der Waals surface area (Å²) in [4.78, 5) is 0. The Morgan fingerprint density at radius 2 is 2.25 bits per heavy atom. The van der Waals surface area contributed by atoms with E-state index in [1.54, 1.807) is 6.07 Å². The van der Waals surface area contributed by atoms with Crippen LogP contribution < -0.4 is 5.32 Å². The molecule has 1 aromatic carbocycles. The Labute approximate surface area is 96.4 Å². The number of para-hydroxylation sites is 1. The highest BCUT2D eigenvalue weighted by Crippen LogP contribution is 2.16. The van der Waals surface area contributed by atoms with E-state index in [0.717, 1.165) is 31.9 Å². The van der Waals surface area contributed by atoms with E-state index in [0.29, 0.717) is 11.7 Å². The van der Waals surface area contributed by atoms with Crippen LogP contribution in [0.2, 0.25) is 0 Å². The van der Waals surface area contributed by atoms with Gasteiger partial charge in [-0.05, 0) is 24.8 Å². The van der Waals surface area contributed by atoms with Crippen molar-refractivity contribution in [2.45, 2.75) is 19.4 Å². The first-order valence-corrected chi connectivity index (χ1v) is 5.91. The maximum atomic E-state index is 9.58. The topological polar surface area (TPSA) is 41.5 Å². The largest absolute Gasteiger partial charge is 0.508 e. The lowest BCUT2D eigenvalue weighted by molar-refractivity contribution is 0.0547. The monoisotopic (exact) mass is 221 g/mol. The maximum Gasteiger partial charge on any atom is 0.120 e. The second-order valence-corrected chi connectivity index (χ2v) is 4.34. The van der Waals surface area contributed by atoms with Crippen molar-refractivity contribution in [1.82, 2.24) is 5.32 Å². The highest BCUT2D eigenvalue weighted by molar-refractivity contribution is 5.31. The lowest BCUT2D eigenvalue weighted by Crippen LogP contribution is -2.28. The SMILES string of the molecule is Oc1ccccc1CNCC1CCCOC1. The third-order valence-electron chi connectivity index (χ3n) is 2.99. The predicted octanol–water partition coefficient (Wildman–Crippen LogP) is 1.91. The molecule has 0 aromatic heterocycles. The van der Waals surface area contributed by atoms with E-state index in [2.05, 4.69) is 5.32 Å². The minimum atomic E-state index is 0.370. The number of hydrogen-bond acceptors (Lipinski definition) is 3. The van der Waals surface area contributed by atoms with E-state index in [-0.39, 0.29) is 0 Å². The van der Waals surface area contributed by atoms with Crippen molar-refractivity contribution >= 4 is 0 Å². The normalized spacial score (nSPS) is 20.9. The van der Waals surface area contributed by atoms with Gasteiger partial charge in [0, 0.05) is 25.3 Å². The van der Waals surface area contributed by atoms with Crippen LogP contribution in [0.1, 0.15) is 18.4 Å². The van der Waals surface area contributed by atoms with Crippen LogP contribution in [0.4, 0.5) is 0 Å². The first-order valence-electron chi connectivity index (χ1n) is 5.91. The van der Waals surface area contributed by atoms with E-state index in [4.69, 9.17) is 4.74 Å². The summed E-state index contributed by atoms with van der Waals surface area (Å²) in [7, 11) is 0. The second-order valence-electron chi connectivity index (χ2n) is 4.34. The van der Waals surface area contributed by atoms with Gasteiger partial charge in [-0.3, -0.25) is 0 Å². The fourth-order valence-electron chi connectivity index (χ4n) is 2.04. The molecule has 1 saturated heterocycles. The van der Waals surface area contributed by atoms with Gasteiger partial charge in [0.2, 0.25) is 0 Å². The number of hydrogen-bond donors (Lipinski definition) is 2. The molecule has 16 heavy (non-hydrogen) atoms. The molecule has 1 unspecified atom stereocenters. The maximum absolute atomic E-state index is 9.58. The van der Waals surface area contributed by atoms with Gasteiger partial charge in [0.15, 0.2) is 0 Å². The summed E-state index contributed by atoms with van der Waals surface area (Å²) >= 11 is 0. The van der Waals surface area contributed by atoms with Crippen LogP contribution in [-0.2, 0) is 11.3 Å². The summed E-state index contributed by atoms with van der Waals surface area (Å²) in [6.07, 6.45) is 2.41. The second kappa shape index (κ2) is 5.87. The van der Waals surface area contributed by atoms with Gasteiger partial charge < -0.3 is 15.2 Å². The highest BCUT2D eigenvalue weighted by Gasteiger charge is 2.13. The summed E-state index contributed by atoms with van der Waals surface area (Å²) in [6.45, 7) is 3.47. The number of benzene rings is 1. The van der Waals surface area contributed by atoms with Crippen LogP contribution in [0.5, 0.6) is 5.75 Å². The summed E-state index contributed by atoms with van der Waals surface area (Å²) in [5, 5.41) is 13.0. The smallest absolute Gasteiger partial charge is 0.120 e. The summed E-state index contributed by atoms with van der Waals surface area (Å²) in [5.41, 5.74) is 0.958. The number of aromatic hydroxyl groups is 1. The summed E-state index contributed by atoms with van der Waals surface area (Å²) in [6, 6.07) is 7.45. The molecule has 0 saturated carbocycles. The molecule has 1 aliphatic heterocycles. The number of rotatable bonds is 4. The molecule has 1 heterocycles. The molecule has 1 aromatic rings. The molecule has 3 nitrogen and oxygen atoms in total. The quantitative estimate of drug-likeness (QED) is 0.816. The van der Waals surface area contributed by atoms with Crippen LogP contribution in [0.3, 0.4) is 0 Å². The fraction of sp³-hybridized carbons (Fsp3) is 0.538. The Bertz CT molecular complexity index is 321. The molecular weight excluding hydrogens is 202 g/mol. The van der Waals surface area contributed by atoms with Gasteiger partial charge in [0.1, 0.15) is 5.75 Å². The summed E-state index contributed by atoms with van der Waals surface area (Å²) in [5.74, 6) is 0.995. The molecule has 1 aliphatic rings. The molecule has 1 atom stereocenters. The zero-order valence-corrected chi connectivity index (χ0v) is 9.48. The molecule has 88 valence electrons. The van der Waals surface area contributed by atoms with Crippen molar-refractivity contribution in [3.63, 3.8) is 0 Å². The lowest BCUT2D eigenvalue weighted by atomic mass is 10.0. The van der Waals surface area contributed by atoms with Crippen molar-refractivity contribution in [3.8, 4) is 5.75 Å². The van der Waals surface area contributed by atoms with Gasteiger partial charge in [0.05, 0.1) is 6.61 Å².